The highest BCUT2D eigenvalue weighted by atomic mass is 16.3. The molecule has 2 atom stereocenters. The van der Waals surface area contributed by atoms with Crippen LogP contribution in [-0.4, -0.2) is 42.2 Å². The highest BCUT2D eigenvalue weighted by molar-refractivity contribution is 5.87. The third-order valence-corrected chi connectivity index (χ3v) is 4.90. The largest absolute Gasteiger partial charge is 0.396 e. The Bertz CT molecular complexity index is 696. The average molecular weight is 326 g/mol. The summed E-state index contributed by atoms with van der Waals surface area (Å²) in [6.07, 6.45) is 2.11. The van der Waals surface area contributed by atoms with Crippen LogP contribution in [0.25, 0.3) is 10.8 Å². The van der Waals surface area contributed by atoms with Crippen molar-refractivity contribution in [2.24, 2.45) is 5.92 Å². The number of nitrogens with zero attached hydrogens (tertiary/aromatic N) is 1. The Morgan fingerprint density at radius 2 is 2.08 bits per heavy atom. The number of hydrogen-bond donors (Lipinski definition) is 2. The molecule has 0 bridgehead atoms. The van der Waals surface area contributed by atoms with Crippen LogP contribution < -0.4 is 5.32 Å². The van der Waals surface area contributed by atoms with Gasteiger partial charge in [0.25, 0.3) is 0 Å². The molecule has 4 nitrogen and oxygen atoms in total. The van der Waals surface area contributed by atoms with Crippen LogP contribution in [0.5, 0.6) is 0 Å². The van der Waals surface area contributed by atoms with Crippen molar-refractivity contribution >= 4 is 16.7 Å². The number of carbonyl (C=O) groups excluding carboxylic acids is 1. The molecule has 128 valence electrons. The second-order valence-electron chi connectivity index (χ2n) is 6.78. The fourth-order valence-corrected chi connectivity index (χ4v) is 3.64. The number of aliphatic hydroxyl groups excluding tert-OH is 1. The zero-order chi connectivity index (χ0) is 16.9. The van der Waals surface area contributed by atoms with Gasteiger partial charge in [-0.15, -0.1) is 0 Å². The lowest BCUT2D eigenvalue weighted by atomic mass is 9.98. The van der Waals surface area contributed by atoms with Gasteiger partial charge >= 0.3 is 0 Å². The third kappa shape index (κ3) is 3.94. The molecule has 4 heteroatoms. The first-order chi connectivity index (χ1) is 11.7. The quantitative estimate of drug-likeness (QED) is 0.888. The number of nitrogens with one attached hydrogen (secondary N) is 1. The average Bonchev–Trinajstić information content (AvgIpc) is 2.61. The Hall–Kier alpha value is -1.91. The Morgan fingerprint density at radius 3 is 2.92 bits per heavy atom. The first-order valence-electron chi connectivity index (χ1n) is 8.77. The molecule has 2 unspecified atom stereocenters. The second-order valence-corrected chi connectivity index (χ2v) is 6.78. The maximum absolute atomic E-state index is 12.4. The van der Waals surface area contributed by atoms with Gasteiger partial charge in [0.2, 0.25) is 5.91 Å². The van der Waals surface area contributed by atoms with Crippen molar-refractivity contribution in [3.8, 4) is 0 Å². The highest BCUT2D eigenvalue weighted by Gasteiger charge is 2.21. The number of benzene rings is 2. The molecule has 2 N–H and O–H groups in total. The molecule has 2 aromatic carbocycles. The van der Waals surface area contributed by atoms with Crippen LogP contribution in [0.1, 0.15) is 31.4 Å². The van der Waals surface area contributed by atoms with Crippen LogP contribution in [-0.2, 0) is 4.79 Å². The van der Waals surface area contributed by atoms with E-state index >= 15 is 0 Å². The van der Waals surface area contributed by atoms with Crippen LogP contribution in [0.3, 0.4) is 0 Å². The molecule has 2 aromatic rings. The number of amides is 1. The topological polar surface area (TPSA) is 52.6 Å². The van der Waals surface area contributed by atoms with Gasteiger partial charge in [0.05, 0.1) is 12.6 Å². The standard InChI is InChI=1S/C20H26N2O2/c1-15(18-10-4-8-17-7-2-3-9-19(17)18)21-20(24)13-22-11-5-6-16(12-22)14-23/h2-4,7-10,15-16,23H,5-6,11-14H2,1H3,(H,21,24). The molecule has 1 fully saturated rings. The number of aliphatic hydroxyl groups is 1. The van der Waals surface area contributed by atoms with E-state index < -0.39 is 0 Å². The molecule has 1 heterocycles. The van der Waals surface area contributed by atoms with Crippen LogP contribution in [0.2, 0.25) is 0 Å². The Kier molecular flexibility index (Phi) is 5.48. The molecule has 1 amide bonds. The number of rotatable bonds is 5. The van der Waals surface area contributed by atoms with E-state index in [1.165, 1.54) is 10.8 Å². The normalized spacial score (nSPS) is 20.0. The van der Waals surface area contributed by atoms with E-state index in [4.69, 9.17) is 0 Å². The maximum atomic E-state index is 12.4. The van der Waals surface area contributed by atoms with Crippen LogP contribution in [0.4, 0.5) is 0 Å². The Balaban J connectivity index is 1.63. The van der Waals surface area contributed by atoms with Gasteiger partial charge in [0, 0.05) is 13.2 Å². The summed E-state index contributed by atoms with van der Waals surface area (Å²) in [4.78, 5) is 14.6. The number of piperidine rings is 1. The predicted octanol–water partition coefficient (Wildman–Crippen LogP) is 2.72. The summed E-state index contributed by atoms with van der Waals surface area (Å²) < 4.78 is 0. The van der Waals surface area contributed by atoms with Crippen molar-refractivity contribution < 1.29 is 9.90 Å². The van der Waals surface area contributed by atoms with Gasteiger partial charge in [-0.1, -0.05) is 42.5 Å². The summed E-state index contributed by atoms with van der Waals surface area (Å²) in [7, 11) is 0. The van der Waals surface area contributed by atoms with Crippen molar-refractivity contribution in [2.75, 3.05) is 26.2 Å². The van der Waals surface area contributed by atoms with Crippen molar-refractivity contribution in [1.82, 2.24) is 10.2 Å². The number of fused-ring (bicyclic) bond motifs is 1. The van der Waals surface area contributed by atoms with Gasteiger partial charge in [-0.05, 0) is 48.6 Å². The highest BCUT2D eigenvalue weighted by Crippen LogP contribution is 2.24. The van der Waals surface area contributed by atoms with Crippen LogP contribution in [0.15, 0.2) is 42.5 Å². The third-order valence-electron chi connectivity index (χ3n) is 4.90. The van der Waals surface area contributed by atoms with Crippen molar-refractivity contribution in [3.63, 3.8) is 0 Å². The molecule has 0 radical (unpaired) electrons. The molecule has 0 spiro atoms. The lowest BCUT2D eigenvalue weighted by Crippen LogP contribution is -2.43. The van der Waals surface area contributed by atoms with E-state index in [0.29, 0.717) is 12.5 Å². The summed E-state index contributed by atoms with van der Waals surface area (Å²) in [5.74, 6) is 0.357. The van der Waals surface area contributed by atoms with Gasteiger partial charge in [-0.25, -0.2) is 0 Å². The van der Waals surface area contributed by atoms with E-state index in [2.05, 4.69) is 34.5 Å². The SMILES string of the molecule is CC(NC(=O)CN1CCCC(CO)C1)c1cccc2ccccc12. The lowest BCUT2D eigenvalue weighted by Gasteiger charge is -2.31. The van der Waals surface area contributed by atoms with Gasteiger partial charge in [-0.2, -0.15) is 0 Å². The summed E-state index contributed by atoms with van der Waals surface area (Å²) in [5, 5.41) is 14.8. The minimum absolute atomic E-state index is 0.0259. The smallest absolute Gasteiger partial charge is 0.234 e. The molecule has 0 aromatic heterocycles. The van der Waals surface area contributed by atoms with Crippen LogP contribution >= 0.6 is 0 Å². The van der Waals surface area contributed by atoms with Crippen molar-refractivity contribution in [2.45, 2.75) is 25.8 Å². The van der Waals surface area contributed by atoms with Gasteiger partial charge in [0.15, 0.2) is 0 Å². The first kappa shape index (κ1) is 16.9. The Morgan fingerprint density at radius 1 is 1.29 bits per heavy atom. The first-order valence-corrected chi connectivity index (χ1v) is 8.77. The minimum atomic E-state index is -0.0259. The van der Waals surface area contributed by atoms with E-state index in [1.807, 2.05) is 25.1 Å². The molecule has 1 saturated heterocycles. The summed E-state index contributed by atoms with van der Waals surface area (Å²) in [6.45, 7) is 4.40. The molecular weight excluding hydrogens is 300 g/mol. The molecule has 1 aliphatic heterocycles. The van der Waals surface area contributed by atoms with E-state index in [1.54, 1.807) is 0 Å². The van der Waals surface area contributed by atoms with Crippen LogP contribution in [0, 0.1) is 5.92 Å². The van der Waals surface area contributed by atoms with Crippen molar-refractivity contribution in [3.05, 3.63) is 48.0 Å². The molecule has 0 saturated carbocycles. The zero-order valence-corrected chi connectivity index (χ0v) is 14.2. The monoisotopic (exact) mass is 326 g/mol. The second kappa shape index (κ2) is 7.77. The van der Waals surface area contributed by atoms with Crippen molar-refractivity contribution in [1.29, 1.82) is 0 Å². The van der Waals surface area contributed by atoms with Gasteiger partial charge in [-0.3, -0.25) is 9.69 Å². The molecule has 0 aliphatic carbocycles. The molecule has 3 rings (SSSR count). The van der Waals surface area contributed by atoms with E-state index in [-0.39, 0.29) is 18.6 Å². The summed E-state index contributed by atoms with van der Waals surface area (Å²) >= 11 is 0. The summed E-state index contributed by atoms with van der Waals surface area (Å²) in [5.41, 5.74) is 1.15. The minimum Gasteiger partial charge on any atom is -0.396 e. The molecule has 1 aliphatic rings. The fourth-order valence-electron chi connectivity index (χ4n) is 3.64. The number of carbonyl (C=O) groups is 1. The van der Waals surface area contributed by atoms with E-state index in [0.717, 1.165) is 31.5 Å². The van der Waals surface area contributed by atoms with Gasteiger partial charge < -0.3 is 10.4 Å². The fraction of sp³-hybridized carbons (Fsp3) is 0.450. The molecular formula is C20H26N2O2. The number of likely N-dealkylation sites (tertiary alicyclic amines) is 1. The predicted molar refractivity (Wildman–Crippen MR) is 96.8 cm³/mol. The number of hydrogen-bond acceptors (Lipinski definition) is 3. The molecule has 24 heavy (non-hydrogen) atoms. The Labute approximate surface area is 143 Å². The van der Waals surface area contributed by atoms with Gasteiger partial charge in [0.1, 0.15) is 0 Å². The zero-order valence-electron chi connectivity index (χ0n) is 14.2. The summed E-state index contributed by atoms with van der Waals surface area (Å²) in [6, 6.07) is 14.4. The lowest BCUT2D eigenvalue weighted by molar-refractivity contribution is -0.123. The maximum Gasteiger partial charge on any atom is 0.234 e. The van der Waals surface area contributed by atoms with E-state index in [9.17, 15) is 9.90 Å².